The Bertz CT molecular complexity index is 345. The first kappa shape index (κ1) is 8.45. The van der Waals surface area contributed by atoms with Gasteiger partial charge in [0.05, 0.1) is 17.2 Å². The van der Waals surface area contributed by atoms with Crippen molar-refractivity contribution in [2.24, 2.45) is 10.9 Å². The highest BCUT2D eigenvalue weighted by Gasteiger charge is 2.34. The van der Waals surface area contributed by atoms with Gasteiger partial charge in [-0.2, -0.15) is 0 Å². The van der Waals surface area contributed by atoms with Crippen LogP contribution in [-0.2, 0) is 0 Å². The van der Waals surface area contributed by atoms with Crippen LogP contribution >= 0.6 is 0 Å². The molecule has 2 unspecified atom stereocenters. The van der Waals surface area contributed by atoms with Gasteiger partial charge in [0.25, 0.3) is 0 Å². The van der Waals surface area contributed by atoms with Crippen LogP contribution in [0.3, 0.4) is 0 Å². The Kier molecular flexibility index (Phi) is 1.74. The molecule has 0 fully saturated rings. The lowest BCUT2D eigenvalue weighted by Gasteiger charge is -2.32. The van der Waals surface area contributed by atoms with Crippen molar-refractivity contribution in [3.05, 3.63) is 36.1 Å². The van der Waals surface area contributed by atoms with E-state index in [0.717, 1.165) is 11.4 Å². The average Bonchev–Trinajstić information content (AvgIpc) is 2.02. The Morgan fingerprint density at radius 1 is 1.46 bits per heavy atom. The van der Waals surface area contributed by atoms with Crippen molar-refractivity contribution in [1.82, 2.24) is 0 Å². The van der Waals surface area contributed by atoms with Crippen LogP contribution in [0.1, 0.15) is 13.8 Å². The van der Waals surface area contributed by atoms with Gasteiger partial charge in [-0.05, 0) is 26.0 Å². The Balaban J connectivity index is 2.46. The van der Waals surface area contributed by atoms with E-state index in [1.807, 2.05) is 44.2 Å². The number of hydrogen-bond acceptors (Lipinski definition) is 2. The summed E-state index contributed by atoms with van der Waals surface area (Å²) < 4.78 is 0. The topological polar surface area (TPSA) is 32.6 Å². The summed E-state index contributed by atoms with van der Waals surface area (Å²) in [6, 6.07) is 0. The number of allylic oxidation sites excluding steroid dienone is 4. The first-order valence-electron chi connectivity index (χ1n) is 4.45. The van der Waals surface area contributed by atoms with E-state index in [0.29, 0.717) is 0 Å². The van der Waals surface area contributed by atoms with Gasteiger partial charge >= 0.3 is 0 Å². The number of rotatable bonds is 0. The summed E-state index contributed by atoms with van der Waals surface area (Å²) in [7, 11) is 0. The van der Waals surface area contributed by atoms with Crippen LogP contribution in [0.15, 0.2) is 41.1 Å². The van der Waals surface area contributed by atoms with Gasteiger partial charge in [-0.1, -0.05) is 18.2 Å². The monoisotopic (exact) mass is 175 g/mol. The molecular weight excluding hydrogens is 162 g/mol. The SMILES string of the molecule is CC1=CC(C)(O)C2C=CC=CC2=N1. The van der Waals surface area contributed by atoms with E-state index < -0.39 is 5.60 Å². The minimum atomic E-state index is -0.789. The molecule has 1 aliphatic carbocycles. The number of aliphatic hydroxyl groups is 1. The van der Waals surface area contributed by atoms with Gasteiger partial charge in [-0.25, -0.2) is 0 Å². The molecular formula is C11H13NO. The summed E-state index contributed by atoms with van der Waals surface area (Å²) in [5.41, 5.74) is 1.05. The Morgan fingerprint density at radius 2 is 2.23 bits per heavy atom. The second-order valence-electron chi connectivity index (χ2n) is 3.77. The molecule has 0 aromatic carbocycles. The van der Waals surface area contributed by atoms with Crippen LogP contribution in [0, 0.1) is 5.92 Å². The van der Waals surface area contributed by atoms with Crippen molar-refractivity contribution in [1.29, 1.82) is 0 Å². The lowest BCUT2D eigenvalue weighted by molar-refractivity contribution is 0.0894. The number of aliphatic imine (C=N–C) groups is 1. The number of hydrogen-bond donors (Lipinski definition) is 1. The Morgan fingerprint density at radius 3 is 3.00 bits per heavy atom. The minimum absolute atomic E-state index is 0.0150. The van der Waals surface area contributed by atoms with Gasteiger partial charge < -0.3 is 5.11 Å². The third-order valence-electron chi connectivity index (χ3n) is 2.44. The fraction of sp³-hybridized carbons (Fsp3) is 0.364. The summed E-state index contributed by atoms with van der Waals surface area (Å²) in [5.74, 6) is 0.0150. The van der Waals surface area contributed by atoms with E-state index in [1.54, 1.807) is 0 Å². The number of nitrogens with zero attached hydrogens (tertiary/aromatic N) is 1. The van der Waals surface area contributed by atoms with Crippen molar-refractivity contribution in [2.75, 3.05) is 0 Å². The zero-order valence-electron chi connectivity index (χ0n) is 7.86. The van der Waals surface area contributed by atoms with Gasteiger partial charge in [0.15, 0.2) is 0 Å². The molecule has 1 heterocycles. The predicted molar refractivity (Wildman–Crippen MR) is 53.6 cm³/mol. The molecule has 2 heteroatoms. The number of fused-ring (bicyclic) bond motifs is 1. The van der Waals surface area contributed by atoms with Crippen molar-refractivity contribution in [3.63, 3.8) is 0 Å². The largest absolute Gasteiger partial charge is 0.385 e. The molecule has 0 saturated heterocycles. The molecule has 0 spiro atoms. The highest BCUT2D eigenvalue weighted by molar-refractivity contribution is 6.01. The summed E-state index contributed by atoms with van der Waals surface area (Å²) in [4.78, 5) is 4.38. The fourth-order valence-corrected chi connectivity index (χ4v) is 1.88. The molecule has 0 saturated carbocycles. The molecule has 13 heavy (non-hydrogen) atoms. The van der Waals surface area contributed by atoms with Crippen molar-refractivity contribution >= 4 is 5.71 Å². The van der Waals surface area contributed by atoms with Gasteiger partial charge in [-0.15, -0.1) is 0 Å². The third-order valence-corrected chi connectivity index (χ3v) is 2.44. The summed E-state index contributed by atoms with van der Waals surface area (Å²) >= 11 is 0. The standard InChI is InChI=1S/C11H13NO/c1-8-7-11(2,13)9-5-3-4-6-10(9)12-8/h3-7,9,13H,1-2H3. The highest BCUT2D eigenvalue weighted by Crippen LogP contribution is 2.30. The highest BCUT2D eigenvalue weighted by atomic mass is 16.3. The van der Waals surface area contributed by atoms with Crippen molar-refractivity contribution in [2.45, 2.75) is 19.4 Å². The molecule has 1 aliphatic heterocycles. The normalized spacial score (nSPS) is 36.7. The quantitative estimate of drug-likeness (QED) is 0.598. The van der Waals surface area contributed by atoms with Gasteiger partial charge in [0, 0.05) is 5.70 Å². The first-order valence-corrected chi connectivity index (χ1v) is 4.45. The van der Waals surface area contributed by atoms with Crippen LogP contribution in [0.5, 0.6) is 0 Å². The van der Waals surface area contributed by atoms with E-state index in [1.165, 1.54) is 0 Å². The van der Waals surface area contributed by atoms with Crippen molar-refractivity contribution in [3.8, 4) is 0 Å². The molecule has 68 valence electrons. The molecule has 0 amide bonds. The van der Waals surface area contributed by atoms with E-state index in [-0.39, 0.29) is 5.92 Å². The lowest BCUT2D eigenvalue weighted by Crippen LogP contribution is -2.39. The third kappa shape index (κ3) is 1.38. The summed E-state index contributed by atoms with van der Waals surface area (Å²) in [5, 5.41) is 10.1. The molecule has 1 N–H and O–H groups in total. The molecule has 0 aromatic heterocycles. The molecule has 0 radical (unpaired) electrons. The van der Waals surface area contributed by atoms with Gasteiger partial charge in [0.2, 0.25) is 0 Å². The maximum Gasteiger partial charge on any atom is 0.0937 e. The second-order valence-corrected chi connectivity index (χ2v) is 3.77. The minimum Gasteiger partial charge on any atom is -0.385 e. The smallest absolute Gasteiger partial charge is 0.0937 e. The van der Waals surface area contributed by atoms with Crippen LogP contribution in [-0.4, -0.2) is 16.4 Å². The van der Waals surface area contributed by atoms with Gasteiger partial charge in [-0.3, -0.25) is 4.99 Å². The maximum absolute atomic E-state index is 10.1. The summed E-state index contributed by atoms with van der Waals surface area (Å²) in [6.07, 6.45) is 9.65. The second kappa shape index (κ2) is 2.67. The van der Waals surface area contributed by atoms with E-state index in [9.17, 15) is 5.11 Å². The van der Waals surface area contributed by atoms with Crippen LogP contribution in [0.25, 0.3) is 0 Å². The van der Waals surface area contributed by atoms with Crippen LogP contribution in [0.4, 0.5) is 0 Å². The van der Waals surface area contributed by atoms with Crippen LogP contribution in [0.2, 0.25) is 0 Å². The Hall–Kier alpha value is -1.15. The van der Waals surface area contributed by atoms with E-state index in [2.05, 4.69) is 4.99 Å². The average molecular weight is 175 g/mol. The molecule has 2 atom stereocenters. The molecule has 2 aliphatic rings. The molecule has 0 bridgehead atoms. The lowest BCUT2D eigenvalue weighted by atomic mass is 9.80. The Labute approximate surface area is 78.0 Å². The zero-order chi connectivity index (χ0) is 9.47. The predicted octanol–water partition coefficient (Wildman–Crippen LogP) is 1.84. The van der Waals surface area contributed by atoms with Crippen molar-refractivity contribution < 1.29 is 5.11 Å². The molecule has 2 nitrogen and oxygen atoms in total. The first-order chi connectivity index (χ1) is 6.09. The molecule has 2 rings (SSSR count). The van der Waals surface area contributed by atoms with Gasteiger partial charge in [0.1, 0.15) is 0 Å². The summed E-state index contributed by atoms with van der Waals surface area (Å²) in [6.45, 7) is 3.73. The van der Waals surface area contributed by atoms with E-state index in [4.69, 9.17) is 0 Å². The zero-order valence-corrected chi connectivity index (χ0v) is 7.86. The van der Waals surface area contributed by atoms with Crippen LogP contribution < -0.4 is 0 Å². The van der Waals surface area contributed by atoms with E-state index >= 15 is 0 Å². The molecule has 0 aromatic rings. The maximum atomic E-state index is 10.1. The fourth-order valence-electron chi connectivity index (χ4n) is 1.88.